The quantitative estimate of drug-likeness (QED) is 0.432. The van der Waals surface area contributed by atoms with E-state index < -0.39 is 18.8 Å². The van der Waals surface area contributed by atoms with Crippen LogP contribution in [0.2, 0.25) is 0 Å². The van der Waals surface area contributed by atoms with Gasteiger partial charge in [-0.3, -0.25) is 4.90 Å². The summed E-state index contributed by atoms with van der Waals surface area (Å²) in [6.07, 6.45) is -4.55. The third-order valence-corrected chi connectivity index (χ3v) is 5.04. The zero-order valence-electron chi connectivity index (χ0n) is 18.7. The number of aromatic nitrogens is 3. The number of anilines is 3. The molecule has 12 heteroatoms. The molecule has 1 saturated heterocycles. The molecule has 1 aliphatic rings. The zero-order valence-corrected chi connectivity index (χ0v) is 18.7. The third kappa shape index (κ3) is 8.04. The maximum atomic E-state index is 13.1. The Morgan fingerprint density at radius 3 is 2.43 bits per heavy atom. The summed E-state index contributed by atoms with van der Waals surface area (Å²) in [4.78, 5) is 14.4. The minimum Gasteiger partial charge on any atom is -0.454 e. The molecule has 0 saturated carbocycles. The number of halogens is 4. The minimum atomic E-state index is -4.55. The van der Waals surface area contributed by atoms with Gasteiger partial charge >= 0.3 is 12.2 Å². The van der Waals surface area contributed by atoms with Gasteiger partial charge in [0.05, 0.1) is 13.2 Å². The lowest BCUT2D eigenvalue weighted by molar-refractivity contribution is -0.154. The van der Waals surface area contributed by atoms with Crippen LogP contribution < -0.4 is 15.4 Å². The molecule has 1 aromatic heterocycles. The second-order valence-corrected chi connectivity index (χ2v) is 7.86. The van der Waals surface area contributed by atoms with E-state index in [0.29, 0.717) is 18.9 Å². The van der Waals surface area contributed by atoms with E-state index in [1.165, 1.54) is 12.1 Å². The lowest BCUT2D eigenvalue weighted by Gasteiger charge is -2.26. The fourth-order valence-corrected chi connectivity index (χ4v) is 3.38. The highest BCUT2D eigenvalue weighted by atomic mass is 19.4. The number of nitrogens with zero attached hydrogens (tertiary/aromatic N) is 4. The summed E-state index contributed by atoms with van der Waals surface area (Å²) < 4.78 is 61.2. The fraction of sp³-hybridized carbons (Fsp3) is 0.348. The Hall–Kier alpha value is -3.51. The zero-order chi connectivity index (χ0) is 24.7. The number of benzene rings is 2. The lowest BCUT2D eigenvalue weighted by atomic mass is 10.2. The molecule has 2 heterocycles. The standard InChI is InChI=1S/C23H24F4N6O2/c24-18-6-4-16(5-7-18)13-28-20-30-21(32-22(31-20)35-15-23(25,26)27)29-19-3-1-2-17(12-19)14-33-8-10-34-11-9-33/h1-7,12H,8-11,13-15H2,(H2,28,29,30,31,32). The first kappa shape index (κ1) is 24.6. The number of nitrogens with one attached hydrogen (secondary N) is 2. The van der Waals surface area contributed by atoms with Crippen molar-refractivity contribution in [1.82, 2.24) is 19.9 Å². The van der Waals surface area contributed by atoms with Crippen molar-refractivity contribution in [2.45, 2.75) is 19.3 Å². The summed E-state index contributed by atoms with van der Waals surface area (Å²) >= 11 is 0. The van der Waals surface area contributed by atoms with Crippen molar-refractivity contribution in [2.75, 3.05) is 43.5 Å². The van der Waals surface area contributed by atoms with Crippen LogP contribution in [0.5, 0.6) is 6.01 Å². The van der Waals surface area contributed by atoms with Crippen molar-refractivity contribution in [2.24, 2.45) is 0 Å². The molecule has 35 heavy (non-hydrogen) atoms. The van der Waals surface area contributed by atoms with Crippen molar-refractivity contribution >= 4 is 17.6 Å². The van der Waals surface area contributed by atoms with Gasteiger partial charge in [-0.15, -0.1) is 0 Å². The highest BCUT2D eigenvalue weighted by Crippen LogP contribution is 2.21. The number of morpholine rings is 1. The number of ether oxygens (including phenoxy) is 2. The SMILES string of the molecule is Fc1ccc(CNc2nc(Nc3cccc(CN4CCOCC4)c3)nc(OCC(F)(F)F)n2)cc1. The Morgan fingerprint density at radius 2 is 1.69 bits per heavy atom. The Labute approximate surface area is 199 Å². The summed E-state index contributed by atoms with van der Waals surface area (Å²) in [5.41, 5.74) is 2.44. The molecule has 0 spiro atoms. The number of hydrogen-bond donors (Lipinski definition) is 2. The monoisotopic (exact) mass is 492 g/mol. The van der Waals surface area contributed by atoms with Crippen molar-refractivity contribution in [3.8, 4) is 6.01 Å². The molecule has 1 aliphatic heterocycles. The molecule has 3 aromatic rings. The van der Waals surface area contributed by atoms with Crippen molar-refractivity contribution in [1.29, 1.82) is 0 Å². The van der Waals surface area contributed by atoms with Gasteiger partial charge in [-0.1, -0.05) is 24.3 Å². The van der Waals surface area contributed by atoms with Crippen molar-refractivity contribution < 1.29 is 27.0 Å². The maximum absolute atomic E-state index is 13.1. The van der Waals surface area contributed by atoms with E-state index >= 15 is 0 Å². The first-order valence-corrected chi connectivity index (χ1v) is 10.9. The smallest absolute Gasteiger partial charge is 0.422 e. The maximum Gasteiger partial charge on any atom is 0.422 e. The minimum absolute atomic E-state index is 0.00784. The van der Waals surface area contributed by atoms with Crippen LogP contribution in [0.3, 0.4) is 0 Å². The van der Waals surface area contributed by atoms with E-state index in [9.17, 15) is 17.6 Å². The average molecular weight is 492 g/mol. The normalized spacial score (nSPS) is 14.5. The lowest BCUT2D eigenvalue weighted by Crippen LogP contribution is -2.35. The van der Waals surface area contributed by atoms with E-state index in [1.807, 2.05) is 18.2 Å². The highest BCUT2D eigenvalue weighted by molar-refractivity contribution is 5.55. The molecule has 0 atom stereocenters. The molecule has 0 radical (unpaired) electrons. The largest absolute Gasteiger partial charge is 0.454 e. The molecule has 186 valence electrons. The Kier molecular flexibility index (Phi) is 7.93. The molecule has 4 rings (SSSR count). The van der Waals surface area contributed by atoms with Crippen molar-refractivity contribution in [3.05, 3.63) is 65.5 Å². The number of hydrogen-bond acceptors (Lipinski definition) is 8. The van der Waals surface area contributed by atoms with Gasteiger partial charge in [0.25, 0.3) is 0 Å². The van der Waals surface area contributed by atoms with Crippen LogP contribution in [0.1, 0.15) is 11.1 Å². The van der Waals surface area contributed by atoms with Gasteiger partial charge < -0.3 is 20.1 Å². The third-order valence-electron chi connectivity index (χ3n) is 5.04. The summed E-state index contributed by atoms with van der Waals surface area (Å²) in [5.74, 6) is -0.352. The van der Waals surface area contributed by atoms with Crippen LogP contribution in [0.15, 0.2) is 48.5 Å². The van der Waals surface area contributed by atoms with Crippen LogP contribution in [0.4, 0.5) is 35.1 Å². The number of alkyl halides is 3. The van der Waals surface area contributed by atoms with Gasteiger partial charge in [0, 0.05) is 31.9 Å². The van der Waals surface area contributed by atoms with Crippen LogP contribution >= 0.6 is 0 Å². The Balaban J connectivity index is 1.49. The first-order valence-electron chi connectivity index (χ1n) is 10.9. The molecular formula is C23H24F4N6O2. The van der Waals surface area contributed by atoms with Gasteiger partial charge in [0.1, 0.15) is 5.82 Å². The van der Waals surface area contributed by atoms with Gasteiger partial charge in [-0.05, 0) is 35.4 Å². The average Bonchev–Trinajstić information content (AvgIpc) is 2.83. The summed E-state index contributed by atoms with van der Waals surface area (Å²) in [7, 11) is 0. The molecule has 8 nitrogen and oxygen atoms in total. The van der Waals surface area contributed by atoms with E-state index in [2.05, 4.69) is 30.5 Å². The van der Waals surface area contributed by atoms with Gasteiger partial charge in [-0.2, -0.15) is 28.1 Å². The summed E-state index contributed by atoms with van der Waals surface area (Å²) in [6.45, 7) is 2.48. The predicted octanol–water partition coefficient (Wildman–Crippen LogP) is 4.14. The predicted molar refractivity (Wildman–Crippen MR) is 121 cm³/mol. The molecule has 1 fully saturated rings. The summed E-state index contributed by atoms with van der Waals surface area (Å²) in [6, 6.07) is 12.8. The van der Waals surface area contributed by atoms with E-state index in [-0.39, 0.29) is 24.3 Å². The number of rotatable bonds is 9. The molecule has 0 aliphatic carbocycles. The molecule has 2 aromatic carbocycles. The van der Waals surface area contributed by atoms with Crippen molar-refractivity contribution in [3.63, 3.8) is 0 Å². The van der Waals surface area contributed by atoms with Gasteiger partial charge in [-0.25, -0.2) is 4.39 Å². The van der Waals surface area contributed by atoms with Gasteiger partial charge in [0.15, 0.2) is 6.61 Å². The van der Waals surface area contributed by atoms with E-state index in [4.69, 9.17) is 9.47 Å². The highest BCUT2D eigenvalue weighted by Gasteiger charge is 2.29. The Morgan fingerprint density at radius 1 is 0.943 bits per heavy atom. The second kappa shape index (κ2) is 11.3. The van der Waals surface area contributed by atoms with Crippen LogP contribution in [0.25, 0.3) is 0 Å². The molecule has 2 N–H and O–H groups in total. The van der Waals surface area contributed by atoms with Crippen LogP contribution in [-0.4, -0.2) is 58.9 Å². The Bertz CT molecular complexity index is 1110. The van der Waals surface area contributed by atoms with E-state index in [1.54, 1.807) is 18.2 Å². The fourth-order valence-electron chi connectivity index (χ4n) is 3.38. The molecule has 0 bridgehead atoms. The van der Waals surface area contributed by atoms with Gasteiger partial charge in [0.2, 0.25) is 11.9 Å². The topological polar surface area (TPSA) is 84.4 Å². The molecule has 0 amide bonds. The molecular weight excluding hydrogens is 468 g/mol. The molecule has 0 unspecified atom stereocenters. The van der Waals surface area contributed by atoms with Crippen LogP contribution in [0, 0.1) is 5.82 Å². The first-order chi connectivity index (χ1) is 16.8. The summed E-state index contributed by atoms with van der Waals surface area (Å²) in [5, 5.41) is 5.91. The van der Waals surface area contributed by atoms with Crippen LogP contribution in [-0.2, 0) is 17.8 Å². The van der Waals surface area contributed by atoms with E-state index in [0.717, 1.165) is 30.8 Å². The second-order valence-electron chi connectivity index (χ2n) is 7.86.